The van der Waals surface area contributed by atoms with Crippen LogP contribution >= 0.6 is 11.6 Å². The molecule has 2 atom stereocenters. The van der Waals surface area contributed by atoms with Crippen LogP contribution in [-0.2, 0) is 6.42 Å². The number of rotatable bonds is 1. The summed E-state index contributed by atoms with van der Waals surface area (Å²) in [5.74, 6) is 0. The Bertz CT molecular complexity index is 644. The van der Waals surface area contributed by atoms with E-state index in [4.69, 9.17) is 11.6 Å². The highest BCUT2D eigenvalue weighted by Gasteiger charge is 2.36. The Labute approximate surface area is 143 Å². The van der Waals surface area contributed by atoms with Crippen LogP contribution in [0.3, 0.4) is 0 Å². The van der Waals surface area contributed by atoms with Crippen molar-refractivity contribution in [3.63, 3.8) is 0 Å². The highest BCUT2D eigenvalue weighted by atomic mass is 35.5. The molecule has 1 saturated heterocycles. The molecule has 3 aliphatic rings. The van der Waals surface area contributed by atoms with Crippen LogP contribution in [0.4, 0.5) is 0 Å². The molecule has 1 fully saturated rings. The van der Waals surface area contributed by atoms with Gasteiger partial charge in [0.05, 0.1) is 12.1 Å². The standard InChI is InChI=1S/C19H24ClN3/c1-22-9-11-23(12-10-22)19-17-7-6-16(20)13-15(17)5-4-14-3-2-8-21-18(14)19/h2-3,6-8,13,18-19,21H,4-5,9-12H2,1H3. The van der Waals surface area contributed by atoms with Crippen molar-refractivity contribution in [2.24, 2.45) is 0 Å². The molecule has 0 amide bonds. The predicted molar refractivity (Wildman–Crippen MR) is 95.7 cm³/mol. The molecule has 0 aromatic heterocycles. The van der Waals surface area contributed by atoms with Gasteiger partial charge in [-0.3, -0.25) is 4.90 Å². The van der Waals surface area contributed by atoms with Gasteiger partial charge in [0.1, 0.15) is 0 Å². The zero-order valence-electron chi connectivity index (χ0n) is 13.6. The lowest BCUT2D eigenvalue weighted by Crippen LogP contribution is -2.51. The molecule has 0 spiro atoms. The van der Waals surface area contributed by atoms with Crippen LogP contribution in [0.15, 0.2) is 42.1 Å². The summed E-state index contributed by atoms with van der Waals surface area (Å²) in [5, 5.41) is 4.49. The van der Waals surface area contributed by atoms with Crippen LogP contribution in [0.1, 0.15) is 23.6 Å². The van der Waals surface area contributed by atoms with Gasteiger partial charge in [-0.25, -0.2) is 0 Å². The molecule has 122 valence electrons. The second kappa shape index (κ2) is 6.31. The third-order valence-electron chi connectivity index (χ3n) is 5.44. The van der Waals surface area contributed by atoms with Gasteiger partial charge in [-0.05, 0) is 61.0 Å². The Balaban J connectivity index is 1.75. The van der Waals surface area contributed by atoms with E-state index < -0.39 is 0 Å². The van der Waals surface area contributed by atoms with Gasteiger partial charge < -0.3 is 10.2 Å². The van der Waals surface area contributed by atoms with Crippen molar-refractivity contribution in [3.8, 4) is 0 Å². The topological polar surface area (TPSA) is 18.5 Å². The first-order chi connectivity index (χ1) is 11.2. The van der Waals surface area contributed by atoms with E-state index in [0.717, 1.165) is 44.0 Å². The average Bonchev–Trinajstić information content (AvgIpc) is 2.72. The van der Waals surface area contributed by atoms with Gasteiger partial charge in [0.25, 0.3) is 0 Å². The highest BCUT2D eigenvalue weighted by molar-refractivity contribution is 6.30. The fourth-order valence-corrected chi connectivity index (χ4v) is 4.31. The molecule has 1 aromatic rings. The first kappa shape index (κ1) is 15.3. The van der Waals surface area contributed by atoms with Crippen LogP contribution in [0.2, 0.25) is 5.02 Å². The number of nitrogens with zero attached hydrogens (tertiary/aromatic N) is 2. The summed E-state index contributed by atoms with van der Waals surface area (Å²) in [6, 6.07) is 7.26. The summed E-state index contributed by atoms with van der Waals surface area (Å²) in [6.45, 7) is 4.53. The quantitative estimate of drug-likeness (QED) is 0.854. The lowest BCUT2D eigenvalue weighted by Gasteiger charge is -2.42. The van der Waals surface area contributed by atoms with E-state index in [0.29, 0.717) is 12.1 Å². The molecule has 4 heteroatoms. The second-order valence-corrected chi connectivity index (χ2v) is 7.31. The number of fused-ring (bicyclic) bond motifs is 2. The van der Waals surface area contributed by atoms with Crippen LogP contribution in [0.5, 0.6) is 0 Å². The maximum atomic E-state index is 6.27. The number of aryl methyl sites for hydroxylation is 1. The molecule has 2 heterocycles. The highest BCUT2D eigenvalue weighted by Crippen LogP contribution is 2.38. The first-order valence-electron chi connectivity index (χ1n) is 8.55. The van der Waals surface area contributed by atoms with E-state index in [1.807, 2.05) is 0 Å². The second-order valence-electron chi connectivity index (χ2n) is 6.87. The summed E-state index contributed by atoms with van der Waals surface area (Å²) < 4.78 is 0. The van der Waals surface area contributed by atoms with Crippen LogP contribution in [0, 0.1) is 0 Å². The zero-order chi connectivity index (χ0) is 15.8. The predicted octanol–water partition coefficient (Wildman–Crippen LogP) is 2.99. The summed E-state index contributed by atoms with van der Waals surface area (Å²) in [4.78, 5) is 5.07. The number of hydrogen-bond donors (Lipinski definition) is 1. The molecular weight excluding hydrogens is 306 g/mol. The lowest BCUT2D eigenvalue weighted by atomic mass is 9.91. The summed E-state index contributed by atoms with van der Waals surface area (Å²) in [5.41, 5.74) is 4.39. The minimum absolute atomic E-state index is 0.380. The van der Waals surface area contributed by atoms with E-state index in [1.54, 1.807) is 0 Å². The number of allylic oxidation sites excluding steroid dienone is 2. The molecule has 23 heavy (non-hydrogen) atoms. The molecule has 1 aliphatic carbocycles. The number of halogens is 1. The molecule has 3 nitrogen and oxygen atoms in total. The number of benzene rings is 1. The number of likely N-dealkylation sites (N-methyl/N-ethyl adjacent to an activating group) is 1. The van der Waals surface area contributed by atoms with E-state index >= 15 is 0 Å². The van der Waals surface area contributed by atoms with E-state index in [9.17, 15) is 0 Å². The van der Waals surface area contributed by atoms with Gasteiger partial charge in [-0.1, -0.05) is 23.7 Å². The van der Waals surface area contributed by atoms with Crippen molar-refractivity contribution in [2.45, 2.75) is 24.9 Å². The van der Waals surface area contributed by atoms with Crippen LogP contribution in [-0.4, -0.2) is 49.1 Å². The fourth-order valence-electron chi connectivity index (χ4n) is 4.12. The Kier molecular flexibility index (Phi) is 4.18. The monoisotopic (exact) mass is 329 g/mol. The molecule has 0 saturated carbocycles. The molecule has 2 unspecified atom stereocenters. The molecular formula is C19H24ClN3. The largest absolute Gasteiger partial charge is 0.382 e. The average molecular weight is 330 g/mol. The van der Waals surface area contributed by atoms with Crippen LogP contribution < -0.4 is 5.32 Å². The zero-order valence-corrected chi connectivity index (χ0v) is 14.4. The fraction of sp³-hybridized carbons (Fsp3) is 0.474. The normalized spacial score (nSPS) is 28.3. The van der Waals surface area contributed by atoms with Gasteiger partial charge in [0, 0.05) is 31.2 Å². The first-order valence-corrected chi connectivity index (χ1v) is 8.93. The summed E-state index contributed by atoms with van der Waals surface area (Å²) in [7, 11) is 2.21. The molecule has 1 N–H and O–H groups in total. The SMILES string of the molecule is CN1CCN(C2c3ccc(Cl)cc3CCC3=CC=CNC32)CC1. The minimum atomic E-state index is 0.380. The number of piperazine rings is 1. The van der Waals surface area contributed by atoms with Crippen molar-refractivity contribution in [3.05, 3.63) is 58.3 Å². The van der Waals surface area contributed by atoms with Gasteiger partial charge in [-0.15, -0.1) is 0 Å². The molecule has 0 bridgehead atoms. The van der Waals surface area contributed by atoms with Crippen molar-refractivity contribution < 1.29 is 0 Å². The van der Waals surface area contributed by atoms with Crippen molar-refractivity contribution in [1.82, 2.24) is 15.1 Å². The number of hydrogen-bond acceptors (Lipinski definition) is 3. The van der Waals surface area contributed by atoms with Gasteiger partial charge in [0.15, 0.2) is 0 Å². The lowest BCUT2D eigenvalue weighted by molar-refractivity contribution is 0.0989. The summed E-state index contributed by atoms with van der Waals surface area (Å²) >= 11 is 6.27. The van der Waals surface area contributed by atoms with E-state index in [2.05, 4.69) is 58.7 Å². The minimum Gasteiger partial charge on any atom is -0.382 e. The Morgan fingerprint density at radius 1 is 1.13 bits per heavy atom. The van der Waals surface area contributed by atoms with Gasteiger partial charge >= 0.3 is 0 Å². The molecule has 2 aliphatic heterocycles. The number of nitrogens with one attached hydrogen (secondary N) is 1. The Hall–Kier alpha value is -1.29. The van der Waals surface area contributed by atoms with Crippen LogP contribution in [0.25, 0.3) is 0 Å². The molecule has 4 rings (SSSR count). The van der Waals surface area contributed by atoms with E-state index in [-0.39, 0.29) is 0 Å². The number of dihydropyridines is 1. The molecule has 1 aromatic carbocycles. The van der Waals surface area contributed by atoms with Crippen molar-refractivity contribution in [2.75, 3.05) is 33.2 Å². The van der Waals surface area contributed by atoms with E-state index in [1.165, 1.54) is 16.7 Å². The van der Waals surface area contributed by atoms with Gasteiger partial charge in [0.2, 0.25) is 0 Å². The van der Waals surface area contributed by atoms with Crippen molar-refractivity contribution >= 4 is 11.6 Å². The maximum Gasteiger partial charge on any atom is 0.0668 e. The third-order valence-corrected chi connectivity index (χ3v) is 5.67. The maximum absolute atomic E-state index is 6.27. The Morgan fingerprint density at radius 3 is 2.78 bits per heavy atom. The Morgan fingerprint density at radius 2 is 1.96 bits per heavy atom. The third kappa shape index (κ3) is 2.93. The molecule has 0 radical (unpaired) electrons. The summed E-state index contributed by atoms with van der Waals surface area (Å²) in [6.07, 6.45) is 8.73. The smallest absolute Gasteiger partial charge is 0.0668 e. The van der Waals surface area contributed by atoms with Gasteiger partial charge in [-0.2, -0.15) is 0 Å². The van der Waals surface area contributed by atoms with Crippen molar-refractivity contribution in [1.29, 1.82) is 0 Å².